The number of rotatable bonds is 5. The van der Waals surface area contributed by atoms with Gasteiger partial charge in [-0.25, -0.2) is 0 Å². The molecule has 3 rings (SSSR count). The second kappa shape index (κ2) is 8.92. The SMILES string of the molecule is CCc1ccccc1OC(C)C(=O)N1CCN(C(=O)C2(N)CCOCC2)CC1. The minimum Gasteiger partial charge on any atom is -0.481 e. The van der Waals surface area contributed by atoms with Gasteiger partial charge in [-0.05, 0) is 37.8 Å². The molecule has 0 aliphatic carbocycles. The maximum atomic E-state index is 12.8. The fraction of sp³-hybridized carbons (Fsp3) is 0.619. The second-order valence-corrected chi connectivity index (χ2v) is 7.61. The maximum Gasteiger partial charge on any atom is 0.263 e. The average molecular weight is 389 g/mol. The highest BCUT2D eigenvalue weighted by Crippen LogP contribution is 2.23. The smallest absolute Gasteiger partial charge is 0.263 e. The van der Waals surface area contributed by atoms with Crippen LogP contribution in [-0.4, -0.2) is 72.6 Å². The zero-order chi connectivity index (χ0) is 20.1. The summed E-state index contributed by atoms with van der Waals surface area (Å²) in [7, 11) is 0. The third-order valence-electron chi connectivity index (χ3n) is 5.69. The van der Waals surface area contributed by atoms with Gasteiger partial charge in [-0.2, -0.15) is 0 Å². The van der Waals surface area contributed by atoms with Crippen molar-refractivity contribution in [3.8, 4) is 5.75 Å². The van der Waals surface area contributed by atoms with Crippen LogP contribution >= 0.6 is 0 Å². The van der Waals surface area contributed by atoms with Crippen molar-refractivity contribution in [2.24, 2.45) is 5.73 Å². The predicted octanol–water partition coefficient (Wildman–Crippen LogP) is 1.20. The zero-order valence-electron chi connectivity index (χ0n) is 16.9. The molecule has 0 spiro atoms. The molecule has 0 saturated carbocycles. The van der Waals surface area contributed by atoms with Gasteiger partial charge in [0, 0.05) is 39.4 Å². The molecule has 1 aromatic carbocycles. The Labute approximate surface area is 166 Å². The topological polar surface area (TPSA) is 85.1 Å². The van der Waals surface area contributed by atoms with E-state index in [4.69, 9.17) is 15.2 Å². The quantitative estimate of drug-likeness (QED) is 0.818. The molecule has 0 aromatic heterocycles. The molecule has 0 bridgehead atoms. The lowest BCUT2D eigenvalue weighted by molar-refractivity contribution is -0.147. The highest BCUT2D eigenvalue weighted by atomic mass is 16.5. The molecule has 7 heteroatoms. The Morgan fingerprint density at radius 1 is 1.14 bits per heavy atom. The van der Waals surface area contributed by atoms with Crippen LogP contribution in [0.3, 0.4) is 0 Å². The summed E-state index contributed by atoms with van der Waals surface area (Å²) in [6.07, 6.45) is 1.38. The second-order valence-electron chi connectivity index (χ2n) is 7.61. The lowest BCUT2D eigenvalue weighted by Gasteiger charge is -2.41. The van der Waals surface area contributed by atoms with E-state index in [2.05, 4.69) is 6.92 Å². The summed E-state index contributed by atoms with van der Waals surface area (Å²) in [4.78, 5) is 29.2. The number of carbonyl (C=O) groups excluding carboxylic acids is 2. The molecule has 1 atom stereocenters. The van der Waals surface area contributed by atoms with Crippen LogP contribution in [0.15, 0.2) is 24.3 Å². The number of hydrogen-bond donors (Lipinski definition) is 1. The Morgan fingerprint density at radius 2 is 1.75 bits per heavy atom. The normalized spacial score (nSPS) is 20.5. The molecule has 1 aromatic rings. The summed E-state index contributed by atoms with van der Waals surface area (Å²) < 4.78 is 11.3. The van der Waals surface area contributed by atoms with Crippen molar-refractivity contribution in [3.05, 3.63) is 29.8 Å². The first-order valence-corrected chi connectivity index (χ1v) is 10.1. The number of aryl methyl sites for hydroxylation is 1. The van der Waals surface area contributed by atoms with Gasteiger partial charge in [0.1, 0.15) is 5.75 Å². The first kappa shape index (κ1) is 20.6. The lowest BCUT2D eigenvalue weighted by Crippen LogP contribution is -2.62. The lowest BCUT2D eigenvalue weighted by atomic mass is 9.89. The van der Waals surface area contributed by atoms with Crippen LogP contribution in [0.5, 0.6) is 5.75 Å². The molecule has 154 valence electrons. The van der Waals surface area contributed by atoms with E-state index < -0.39 is 11.6 Å². The molecule has 2 amide bonds. The van der Waals surface area contributed by atoms with E-state index in [1.165, 1.54) is 0 Å². The number of amides is 2. The minimum atomic E-state index is -0.829. The number of carbonyl (C=O) groups is 2. The third-order valence-corrected chi connectivity index (χ3v) is 5.69. The van der Waals surface area contributed by atoms with Gasteiger partial charge in [-0.15, -0.1) is 0 Å². The molecule has 0 radical (unpaired) electrons. The maximum absolute atomic E-state index is 12.8. The van der Waals surface area contributed by atoms with Gasteiger partial charge in [0.25, 0.3) is 5.91 Å². The Hall–Kier alpha value is -2.12. The molecular formula is C21H31N3O4. The van der Waals surface area contributed by atoms with Crippen LogP contribution in [0, 0.1) is 0 Å². The van der Waals surface area contributed by atoms with Gasteiger partial charge in [0.05, 0.1) is 5.54 Å². The van der Waals surface area contributed by atoms with E-state index in [-0.39, 0.29) is 11.8 Å². The van der Waals surface area contributed by atoms with Crippen molar-refractivity contribution in [2.75, 3.05) is 39.4 Å². The Bertz CT molecular complexity index is 695. The van der Waals surface area contributed by atoms with Crippen LogP contribution in [0.1, 0.15) is 32.3 Å². The summed E-state index contributed by atoms with van der Waals surface area (Å²) in [6.45, 7) is 6.90. The molecule has 2 N–H and O–H groups in total. The van der Waals surface area contributed by atoms with Gasteiger partial charge in [0.2, 0.25) is 5.91 Å². The average Bonchev–Trinajstić information content (AvgIpc) is 2.73. The fourth-order valence-corrected chi connectivity index (χ4v) is 3.80. The number of piperazine rings is 1. The number of nitrogens with two attached hydrogens (primary N) is 1. The molecule has 2 saturated heterocycles. The van der Waals surface area contributed by atoms with Crippen molar-refractivity contribution < 1.29 is 19.1 Å². The van der Waals surface area contributed by atoms with Gasteiger partial charge in [-0.1, -0.05) is 25.1 Å². The summed E-state index contributed by atoms with van der Waals surface area (Å²) in [6, 6.07) is 7.79. The van der Waals surface area contributed by atoms with Gasteiger partial charge in [-0.3, -0.25) is 9.59 Å². The Morgan fingerprint density at radius 3 is 2.39 bits per heavy atom. The standard InChI is InChI=1S/C21H31N3O4/c1-3-17-6-4-5-7-18(17)28-16(2)19(25)23-10-12-24(13-11-23)20(26)21(22)8-14-27-15-9-21/h4-7,16H,3,8-15,22H2,1-2H3. The highest BCUT2D eigenvalue weighted by Gasteiger charge is 2.40. The van der Waals surface area contributed by atoms with Crippen molar-refractivity contribution >= 4 is 11.8 Å². The summed E-state index contributed by atoms with van der Waals surface area (Å²) in [5.41, 5.74) is 6.57. The van der Waals surface area contributed by atoms with E-state index in [0.717, 1.165) is 17.7 Å². The molecule has 28 heavy (non-hydrogen) atoms. The Kier molecular flexibility index (Phi) is 6.57. The molecular weight excluding hydrogens is 358 g/mol. The molecule has 2 fully saturated rings. The molecule has 1 unspecified atom stereocenters. The van der Waals surface area contributed by atoms with Crippen LogP contribution in [0.25, 0.3) is 0 Å². The summed E-state index contributed by atoms with van der Waals surface area (Å²) >= 11 is 0. The van der Waals surface area contributed by atoms with Crippen molar-refractivity contribution in [1.82, 2.24) is 9.80 Å². The minimum absolute atomic E-state index is 0.0240. The van der Waals surface area contributed by atoms with E-state index >= 15 is 0 Å². The molecule has 2 aliphatic heterocycles. The number of para-hydroxylation sites is 1. The highest BCUT2D eigenvalue weighted by molar-refractivity contribution is 5.87. The van der Waals surface area contributed by atoms with Gasteiger partial charge >= 0.3 is 0 Å². The molecule has 2 aliphatic rings. The number of ether oxygens (including phenoxy) is 2. The first-order valence-electron chi connectivity index (χ1n) is 10.1. The monoisotopic (exact) mass is 389 g/mol. The van der Waals surface area contributed by atoms with E-state index in [9.17, 15) is 9.59 Å². The number of hydrogen-bond acceptors (Lipinski definition) is 5. The van der Waals surface area contributed by atoms with Crippen molar-refractivity contribution in [2.45, 2.75) is 44.8 Å². The van der Waals surface area contributed by atoms with Gasteiger partial charge < -0.3 is 25.0 Å². The van der Waals surface area contributed by atoms with Crippen molar-refractivity contribution in [1.29, 1.82) is 0 Å². The van der Waals surface area contributed by atoms with E-state index in [0.29, 0.717) is 52.2 Å². The first-order chi connectivity index (χ1) is 13.4. The largest absolute Gasteiger partial charge is 0.481 e. The summed E-state index contributed by atoms with van der Waals surface area (Å²) in [5.74, 6) is 0.680. The fourth-order valence-electron chi connectivity index (χ4n) is 3.80. The number of nitrogens with zero attached hydrogens (tertiary/aromatic N) is 2. The Balaban J connectivity index is 1.54. The van der Waals surface area contributed by atoms with Gasteiger partial charge in [0.15, 0.2) is 6.10 Å². The zero-order valence-corrected chi connectivity index (χ0v) is 16.9. The van der Waals surface area contributed by atoms with E-state index in [1.54, 1.807) is 16.7 Å². The number of benzene rings is 1. The predicted molar refractivity (Wildman–Crippen MR) is 106 cm³/mol. The third kappa shape index (κ3) is 4.47. The molecule has 7 nitrogen and oxygen atoms in total. The van der Waals surface area contributed by atoms with Crippen LogP contribution in [0.2, 0.25) is 0 Å². The molecule has 2 heterocycles. The van der Waals surface area contributed by atoms with Crippen LogP contribution < -0.4 is 10.5 Å². The van der Waals surface area contributed by atoms with Crippen molar-refractivity contribution in [3.63, 3.8) is 0 Å². The van der Waals surface area contributed by atoms with Crippen LogP contribution in [-0.2, 0) is 20.7 Å². The van der Waals surface area contributed by atoms with E-state index in [1.807, 2.05) is 24.3 Å². The van der Waals surface area contributed by atoms with Crippen LogP contribution in [0.4, 0.5) is 0 Å². The summed E-state index contributed by atoms with van der Waals surface area (Å²) in [5, 5.41) is 0.